The number of carbonyl (C=O) groups is 2. The molecular weight excluding hydrogens is 492 g/mol. The number of nitrogens with one attached hydrogen (secondary N) is 3. The molecule has 5 N–H and O–H groups in total. The largest absolute Gasteiger partial charge is 0.494 e. The van der Waals surface area contributed by atoms with E-state index in [9.17, 15) is 9.59 Å². The van der Waals surface area contributed by atoms with Crippen LogP contribution in [0.3, 0.4) is 0 Å². The van der Waals surface area contributed by atoms with E-state index in [4.69, 9.17) is 4.74 Å². The number of hydrogen-bond acceptors (Lipinski definition) is 6. The molecule has 0 aliphatic carbocycles. The standard InChI is InChI=1S/C30H44N6O3/c1-19-11-12-20(14-25(19)36-17-24(33-34-36)28(38)31-18-29(2,3)4)27(37)32-23-15-22(30(5,6)7)13-21(16-35(8)9)26(23)39-10/h11-15,17,33-34H,16,18H2,1-10H3,(H,31,38)(H,32,37)/p+1. The summed E-state index contributed by atoms with van der Waals surface area (Å²) in [6.45, 7) is 15.9. The Morgan fingerprint density at radius 2 is 1.74 bits per heavy atom. The molecule has 0 saturated heterocycles. The van der Waals surface area contributed by atoms with Gasteiger partial charge in [-0.15, -0.1) is 5.53 Å². The molecule has 0 aromatic heterocycles. The summed E-state index contributed by atoms with van der Waals surface area (Å²) < 4.78 is 5.77. The number of nitrogens with two attached hydrogens (primary N) is 1. The predicted molar refractivity (Wildman–Crippen MR) is 156 cm³/mol. The second-order valence-electron chi connectivity index (χ2n) is 12.6. The highest BCUT2D eigenvalue weighted by Gasteiger charge is 2.26. The van der Waals surface area contributed by atoms with Gasteiger partial charge in [0.2, 0.25) is 0 Å². The Balaban J connectivity index is 1.89. The summed E-state index contributed by atoms with van der Waals surface area (Å²) in [5.41, 5.74) is 10.1. The molecule has 1 aliphatic heterocycles. The molecule has 0 bridgehead atoms. The fraction of sp³-hybridized carbons (Fsp3) is 0.467. The van der Waals surface area contributed by atoms with Gasteiger partial charge < -0.3 is 20.3 Å². The van der Waals surface area contributed by atoms with Crippen LogP contribution in [0.15, 0.2) is 42.2 Å². The lowest BCUT2D eigenvalue weighted by atomic mass is 9.85. The molecule has 9 nitrogen and oxygen atoms in total. The van der Waals surface area contributed by atoms with Crippen LogP contribution < -0.4 is 31.3 Å². The summed E-state index contributed by atoms with van der Waals surface area (Å²) in [6, 6.07) is 9.68. The Hall–Kier alpha value is -3.56. The molecular formula is C30H45N6O3+. The van der Waals surface area contributed by atoms with E-state index >= 15 is 0 Å². The third kappa shape index (κ3) is 7.74. The van der Waals surface area contributed by atoms with E-state index in [-0.39, 0.29) is 22.6 Å². The molecule has 39 heavy (non-hydrogen) atoms. The van der Waals surface area contributed by atoms with E-state index in [1.807, 2.05) is 44.2 Å². The molecule has 0 fully saturated rings. The number of benzene rings is 2. The maximum absolute atomic E-state index is 13.5. The second kappa shape index (κ2) is 11.7. The predicted octanol–water partition coefficient (Wildman–Crippen LogP) is 3.42. The Morgan fingerprint density at radius 3 is 2.33 bits per heavy atom. The van der Waals surface area contributed by atoms with Crippen LogP contribution in [0, 0.1) is 12.3 Å². The summed E-state index contributed by atoms with van der Waals surface area (Å²) >= 11 is 0. The molecule has 1 heterocycles. The summed E-state index contributed by atoms with van der Waals surface area (Å²) in [6.07, 6.45) is 1.74. The molecule has 212 valence electrons. The normalized spacial score (nSPS) is 13.7. The van der Waals surface area contributed by atoms with E-state index in [1.54, 1.807) is 24.9 Å². The van der Waals surface area contributed by atoms with E-state index in [2.05, 4.69) is 68.6 Å². The molecule has 9 heteroatoms. The first-order valence-corrected chi connectivity index (χ1v) is 13.3. The minimum absolute atomic E-state index is 0.0151. The first kappa shape index (κ1) is 30.0. The maximum Gasteiger partial charge on any atom is 0.274 e. The number of methoxy groups -OCH3 is 1. The van der Waals surface area contributed by atoms with Crippen LogP contribution in [-0.2, 0) is 16.8 Å². The van der Waals surface area contributed by atoms with Gasteiger partial charge in [-0.1, -0.05) is 53.7 Å². The number of amides is 2. The van der Waals surface area contributed by atoms with Gasteiger partial charge >= 0.3 is 0 Å². The molecule has 0 atom stereocenters. The number of quaternary nitrogens is 1. The zero-order chi connectivity index (χ0) is 29.1. The first-order chi connectivity index (χ1) is 18.1. The zero-order valence-corrected chi connectivity index (χ0v) is 25.1. The minimum atomic E-state index is -0.240. The topological polar surface area (TPSA) is 103 Å². The number of hydrogen-bond donors (Lipinski definition) is 4. The van der Waals surface area contributed by atoms with Crippen molar-refractivity contribution in [2.75, 3.05) is 38.1 Å². The van der Waals surface area contributed by atoms with Crippen LogP contribution in [0.1, 0.15) is 68.6 Å². The smallest absolute Gasteiger partial charge is 0.274 e. The van der Waals surface area contributed by atoms with Gasteiger partial charge in [0.15, 0.2) is 5.70 Å². The molecule has 0 radical (unpaired) electrons. The van der Waals surface area contributed by atoms with E-state index in [1.165, 1.54) is 0 Å². The van der Waals surface area contributed by atoms with Crippen LogP contribution in [0.4, 0.5) is 11.4 Å². The van der Waals surface area contributed by atoms with Gasteiger partial charge in [0.1, 0.15) is 5.75 Å². The fourth-order valence-corrected chi connectivity index (χ4v) is 4.19. The van der Waals surface area contributed by atoms with E-state index in [0.29, 0.717) is 35.8 Å². The number of rotatable bonds is 8. The Morgan fingerprint density at radius 1 is 1.05 bits per heavy atom. The van der Waals surface area contributed by atoms with Crippen molar-refractivity contribution in [3.05, 3.63) is 64.5 Å². The van der Waals surface area contributed by atoms with Crippen molar-refractivity contribution in [3.8, 4) is 5.75 Å². The third-order valence-corrected chi connectivity index (χ3v) is 6.37. The highest BCUT2D eigenvalue weighted by Crippen LogP contribution is 2.36. The number of nitrogens with zero attached hydrogens (tertiary/aromatic N) is 2. The van der Waals surface area contributed by atoms with Gasteiger partial charge in [0.05, 0.1) is 24.7 Å². The van der Waals surface area contributed by atoms with Gasteiger partial charge in [0.25, 0.3) is 11.8 Å². The average molecular weight is 538 g/mol. The summed E-state index contributed by atoms with van der Waals surface area (Å²) in [5.74, 6) is 0.244. The van der Waals surface area contributed by atoms with Crippen molar-refractivity contribution in [2.24, 2.45) is 5.41 Å². The van der Waals surface area contributed by atoms with Gasteiger partial charge in [0, 0.05) is 24.2 Å². The Bertz CT molecular complexity index is 1250. The van der Waals surface area contributed by atoms with Crippen LogP contribution in [0.5, 0.6) is 5.75 Å². The second-order valence-corrected chi connectivity index (χ2v) is 12.6. The van der Waals surface area contributed by atoms with Crippen molar-refractivity contribution < 1.29 is 19.9 Å². The van der Waals surface area contributed by atoms with Crippen molar-refractivity contribution in [2.45, 2.75) is 60.4 Å². The van der Waals surface area contributed by atoms with Crippen LogP contribution in [-0.4, -0.2) is 44.5 Å². The van der Waals surface area contributed by atoms with Crippen molar-refractivity contribution in [1.29, 1.82) is 0 Å². The van der Waals surface area contributed by atoms with Gasteiger partial charge in [-0.3, -0.25) is 9.59 Å². The minimum Gasteiger partial charge on any atom is -0.494 e. The van der Waals surface area contributed by atoms with Crippen LogP contribution in [0.2, 0.25) is 0 Å². The number of carbonyl (C=O) groups excluding carboxylic acids is 2. The lowest BCUT2D eigenvalue weighted by Gasteiger charge is -2.25. The Kier molecular flexibility index (Phi) is 8.98. The quantitative estimate of drug-likeness (QED) is 0.385. The number of anilines is 2. The average Bonchev–Trinajstić information content (AvgIpc) is 3.31. The third-order valence-electron chi connectivity index (χ3n) is 6.37. The van der Waals surface area contributed by atoms with Gasteiger partial charge in [-0.2, -0.15) is 5.01 Å². The highest BCUT2D eigenvalue weighted by molar-refractivity contribution is 6.06. The van der Waals surface area contributed by atoms with E-state index < -0.39 is 0 Å². The SMILES string of the molecule is COc1c(CN(C)C)cc(C(C)(C)C)cc1NC(=O)c1ccc(C)c(N2C=C(C(=O)NCC(C)(C)C)N[NH2+]2)c1. The summed E-state index contributed by atoms with van der Waals surface area (Å²) in [4.78, 5) is 28.2. The van der Waals surface area contributed by atoms with Gasteiger partial charge in [-0.25, -0.2) is 5.43 Å². The zero-order valence-electron chi connectivity index (χ0n) is 25.1. The lowest BCUT2D eigenvalue weighted by molar-refractivity contribution is -0.699. The molecule has 0 saturated carbocycles. The molecule has 3 rings (SSSR count). The summed E-state index contributed by atoms with van der Waals surface area (Å²) in [5, 5.41) is 7.87. The number of ether oxygens (including phenoxy) is 1. The highest BCUT2D eigenvalue weighted by atomic mass is 16.5. The van der Waals surface area contributed by atoms with Crippen molar-refractivity contribution >= 4 is 23.2 Å². The number of aryl methyl sites for hydroxylation is 1. The maximum atomic E-state index is 13.5. The van der Waals surface area contributed by atoms with Crippen molar-refractivity contribution in [1.82, 2.24) is 15.6 Å². The molecule has 2 aromatic carbocycles. The van der Waals surface area contributed by atoms with E-state index in [0.717, 1.165) is 22.4 Å². The molecule has 0 spiro atoms. The fourth-order valence-electron chi connectivity index (χ4n) is 4.19. The van der Waals surface area contributed by atoms with Gasteiger partial charge in [-0.05, 0) is 61.2 Å². The van der Waals surface area contributed by atoms with Crippen molar-refractivity contribution in [3.63, 3.8) is 0 Å². The lowest BCUT2D eigenvalue weighted by Crippen LogP contribution is -2.98. The molecule has 1 aliphatic rings. The first-order valence-electron chi connectivity index (χ1n) is 13.3. The molecule has 2 amide bonds. The van der Waals surface area contributed by atoms with Crippen LogP contribution in [0.25, 0.3) is 0 Å². The Labute approximate surface area is 232 Å². The summed E-state index contributed by atoms with van der Waals surface area (Å²) in [7, 11) is 5.64. The molecule has 2 aromatic rings. The molecule has 0 unspecified atom stereocenters. The monoisotopic (exact) mass is 537 g/mol. The van der Waals surface area contributed by atoms with Crippen LogP contribution >= 0.6 is 0 Å².